The van der Waals surface area contributed by atoms with Gasteiger partial charge in [-0.1, -0.05) is 29.8 Å². The molecule has 0 unspecified atom stereocenters. The minimum absolute atomic E-state index is 0.0796. The zero-order chi connectivity index (χ0) is 15.8. The molecule has 0 aromatic heterocycles. The van der Waals surface area contributed by atoms with Gasteiger partial charge in [0.1, 0.15) is 0 Å². The average Bonchev–Trinajstić information content (AvgIpc) is 2.15. The van der Waals surface area contributed by atoms with Gasteiger partial charge >= 0.3 is 11.9 Å². The van der Waals surface area contributed by atoms with E-state index in [0.29, 0.717) is 4.83 Å². The van der Waals surface area contributed by atoms with Crippen molar-refractivity contribution < 1.29 is 29.6 Å². The highest BCUT2D eigenvalue weighted by Crippen LogP contribution is 1.91. The average molecular weight is 345 g/mol. The monoisotopic (exact) mass is 344 g/mol. The summed E-state index contributed by atoms with van der Waals surface area (Å²) in [5.41, 5.74) is 0. The van der Waals surface area contributed by atoms with Gasteiger partial charge in [-0.25, -0.2) is 0 Å². The van der Waals surface area contributed by atoms with Crippen LogP contribution >= 0.6 is 15.9 Å². The van der Waals surface area contributed by atoms with Crippen LogP contribution in [0.15, 0.2) is 0 Å². The van der Waals surface area contributed by atoms with Crippen molar-refractivity contribution in [2.75, 3.05) is 13.2 Å². The van der Waals surface area contributed by atoms with Crippen molar-refractivity contribution in [3.8, 4) is 0 Å². The number of rotatable bonds is 5. The minimum Gasteiger partial charge on any atom is -0.481 e. The van der Waals surface area contributed by atoms with E-state index >= 15 is 0 Å². The Morgan fingerprint density at radius 3 is 1.58 bits per heavy atom. The molecule has 0 atom stereocenters. The van der Waals surface area contributed by atoms with E-state index in [1.54, 1.807) is 13.8 Å². The number of aliphatic carboxylic acids is 1. The maximum atomic E-state index is 10.5. The van der Waals surface area contributed by atoms with E-state index in [4.69, 9.17) is 20.1 Å². The first-order valence-electron chi connectivity index (χ1n) is 5.94. The van der Waals surface area contributed by atoms with Crippen LogP contribution in [-0.2, 0) is 14.3 Å². The van der Waals surface area contributed by atoms with Gasteiger partial charge in [-0.05, 0) is 13.8 Å². The number of aliphatic hydroxyl groups is 2. The fraction of sp³-hybridized carbons (Fsp3) is 0.833. The van der Waals surface area contributed by atoms with Crippen LogP contribution in [0.4, 0.5) is 0 Å². The molecule has 0 saturated heterocycles. The number of carboxylic acids is 1. The molecular weight excluding hydrogens is 320 g/mol. The second-order valence-electron chi connectivity index (χ2n) is 3.89. The van der Waals surface area contributed by atoms with E-state index in [0.717, 1.165) is 0 Å². The third-order valence-electron chi connectivity index (χ3n) is 1.01. The predicted molar refractivity (Wildman–Crippen MR) is 76.3 cm³/mol. The summed E-state index contributed by atoms with van der Waals surface area (Å²) in [6, 6.07) is 0. The standard InChI is InChI=1S/C6H12O3.C3H7Br.C3H6O3/c1-5(2)9-6(8)3-4-7;1-3(2)4;4-2-1-3(5)6/h5,7H,3-4H2,1-2H3;3H,1-2H3;4H,1-2H2,(H,5,6). The van der Waals surface area contributed by atoms with Crippen molar-refractivity contribution in [2.24, 2.45) is 0 Å². The highest BCUT2D eigenvalue weighted by molar-refractivity contribution is 9.09. The molecule has 0 saturated carbocycles. The van der Waals surface area contributed by atoms with Crippen molar-refractivity contribution in [1.82, 2.24) is 0 Å². The Labute approximate surface area is 122 Å². The number of alkyl halides is 1. The maximum absolute atomic E-state index is 10.5. The van der Waals surface area contributed by atoms with Crippen molar-refractivity contribution in [3.05, 3.63) is 0 Å². The molecular formula is C12H25BrO6. The summed E-state index contributed by atoms with van der Waals surface area (Å²) in [7, 11) is 0. The molecule has 0 aromatic rings. The van der Waals surface area contributed by atoms with Crippen molar-refractivity contribution in [2.45, 2.75) is 51.5 Å². The molecule has 0 fully saturated rings. The molecule has 0 aliphatic heterocycles. The van der Waals surface area contributed by atoms with Crippen LogP contribution in [0, 0.1) is 0 Å². The Morgan fingerprint density at radius 1 is 1.05 bits per heavy atom. The second-order valence-corrected chi connectivity index (χ2v) is 5.72. The smallest absolute Gasteiger partial charge is 0.308 e. The normalized spacial score (nSPS) is 9.11. The Balaban J connectivity index is -0.000000222. The van der Waals surface area contributed by atoms with E-state index < -0.39 is 5.97 Å². The van der Waals surface area contributed by atoms with Crippen molar-refractivity contribution in [3.63, 3.8) is 0 Å². The van der Waals surface area contributed by atoms with Gasteiger partial charge in [-0.15, -0.1) is 0 Å². The largest absolute Gasteiger partial charge is 0.481 e. The number of ether oxygens (including phenoxy) is 1. The van der Waals surface area contributed by atoms with E-state index in [1.165, 1.54) is 0 Å². The van der Waals surface area contributed by atoms with Crippen molar-refractivity contribution >= 4 is 27.9 Å². The van der Waals surface area contributed by atoms with E-state index in [-0.39, 0.29) is 38.1 Å². The fourth-order valence-corrected chi connectivity index (χ4v) is 0.509. The summed E-state index contributed by atoms with van der Waals surface area (Å²) in [6.07, 6.45) is -0.137. The molecule has 0 heterocycles. The highest BCUT2D eigenvalue weighted by atomic mass is 79.9. The number of halogens is 1. The molecule has 0 spiro atoms. The van der Waals surface area contributed by atoms with Crippen LogP contribution in [0.25, 0.3) is 0 Å². The topological polar surface area (TPSA) is 104 Å². The van der Waals surface area contributed by atoms with Crippen LogP contribution in [0.2, 0.25) is 0 Å². The van der Waals surface area contributed by atoms with Gasteiger partial charge in [0.05, 0.1) is 32.2 Å². The third kappa shape index (κ3) is 46.8. The molecule has 116 valence electrons. The molecule has 3 N–H and O–H groups in total. The molecule has 0 rings (SSSR count). The lowest BCUT2D eigenvalue weighted by Gasteiger charge is -2.05. The Morgan fingerprint density at radius 2 is 1.42 bits per heavy atom. The van der Waals surface area contributed by atoms with Gasteiger partial charge in [0, 0.05) is 4.83 Å². The molecule has 19 heavy (non-hydrogen) atoms. The number of hydrogen-bond donors (Lipinski definition) is 3. The Kier molecular flexibility index (Phi) is 21.4. The summed E-state index contributed by atoms with van der Waals surface area (Å²) in [5.74, 6) is -1.30. The lowest BCUT2D eigenvalue weighted by molar-refractivity contribution is -0.148. The molecule has 0 amide bonds. The van der Waals surface area contributed by atoms with E-state index in [1.807, 2.05) is 0 Å². The molecule has 0 radical (unpaired) electrons. The molecule has 0 aromatic carbocycles. The van der Waals surface area contributed by atoms with Crippen LogP contribution in [0.3, 0.4) is 0 Å². The SMILES string of the molecule is CC(C)Br.CC(C)OC(=O)CCO.O=C(O)CCO. The van der Waals surface area contributed by atoms with Crippen molar-refractivity contribution in [1.29, 1.82) is 0 Å². The first kappa shape index (κ1) is 23.4. The Bertz CT molecular complexity index is 216. The molecule has 0 aliphatic carbocycles. The number of aliphatic hydroxyl groups excluding tert-OH is 2. The summed E-state index contributed by atoms with van der Waals surface area (Å²) >= 11 is 3.27. The first-order valence-corrected chi connectivity index (χ1v) is 6.85. The predicted octanol–water partition coefficient (Wildman–Crippen LogP) is 1.56. The molecule has 7 heteroatoms. The lowest BCUT2D eigenvalue weighted by Crippen LogP contribution is -2.12. The number of carbonyl (C=O) groups is 2. The second kappa shape index (κ2) is 17.3. The summed E-state index contributed by atoms with van der Waals surface area (Å²) in [5, 5.41) is 23.9. The number of esters is 1. The number of carbonyl (C=O) groups excluding carboxylic acids is 1. The molecule has 0 bridgehead atoms. The van der Waals surface area contributed by atoms with Crippen LogP contribution in [-0.4, -0.2) is 51.4 Å². The highest BCUT2D eigenvalue weighted by Gasteiger charge is 2.02. The van der Waals surface area contributed by atoms with E-state index in [2.05, 4.69) is 29.8 Å². The van der Waals surface area contributed by atoms with Gasteiger partial charge in [0.25, 0.3) is 0 Å². The summed E-state index contributed by atoms with van der Waals surface area (Å²) in [4.78, 5) is 20.6. The van der Waals surface area contributed by atoms with Crippen LogP contribution < -0.4 is 0 Å². The zero-order valence-electron chi connectivity index (χ0n) is 11.9. The van der Waals surface area contributed by atoms with Crippen LogP contribution in [0.1, 0.15) is 40.5 Å². The summed E-state index contributed by atoms with van der Waals surface area (Å²) in [6.45, 7) is 7.31. The van der Waals surface area contributed by atoms with Gasteiger partial charge in [-0.3, -0.25) is 9.59 Å². The van der Waals surface area contributed by atoms with Gasteiger partial charge in [0.2, 0.25) is 0 Å². The summed E-state index contributed by atoms with van der Waals surface area (Å²) < 4.78 is 4.69. The quantitative estimate of drug-likeness (QED) is 0.516. The number of carboxylic acid groups (broad SMARTS) is 1. The minimum atomic E-state index is -0.961. The number of hydrogen-bond acceptors (Lipinski definition) is 5. The molecule has 6 nitrogen and oxygen atoms in total. The Hall–Kier alpha value is -0.660. The lowest BCUT2D eigenvalue weighted by atomic mass is 10.4. The third-order valence-corrected chi connectivity index (χ3v) is 1.01. The van der Waals surface area contributed by atoms with Crippen LogP contribution in [0.5, 0.6) is 0 Å². The fourth-order valence-electron chi connectivity index (χ4n) is 0.509. The van der Waals surface area contributed by atoms with Gasteiger partial charge in [-0.2, -0.15) is 0 Å². The van der Waals surface area contributed by atoms with E-state index in [9.17, 15) is 9.59 Å². The maximum Gasteiger partial charge on any atom is 0.308 e. The van der Waals surface area contributed by atoms with Gasteiger partial charge < -0.3 is 20.1 Å². The first-order chi connectivity index (χ1) is 8.67. The zero-order valence-corrected chi connectivity index (χ0v) is 13.5. The molecule has 0 aliphatic rings. The van der Waals surface area contributed by atoms with Gasteiger partial charge in [0.15, 0.2) is 0 Å².